The van der Waals surface area contributed by atoms with E-state index in [1.165, 1.54) is 24.1 Å². The van der Waals surface area contributed by atoms with Crippen molar-refractivity contribution in [1.29, 1.82) is 0 Å². The lowest BCUT2D eigenvalue weighted by atomic mass is 10.0. The summed E-state index contributed by atoms with van der Waals surface area (Å²) in [6.45, 7) is 1.15. The minimum absolute atomic E-state index is 0.0293. The highest BCUT2D eigenvalue weighted by Gasteiger charge is 2.35. The summed E-state index contributed by atoms with van der Waals surface area (Å²) >= 11 is 16.4. The minimum Gasteiger partial charge on any atom is -0.357 e. The Morgan fingerprint density at radius 3 is 2.05 bits per heavy atom. The number of nitrogens with one attached hydrogen (secondary N) is 1. The largest absolute Gasteiger partial charge is 0.357 e. The van der Waals surface area contributed by atoms with E-state index in [-0.39, 0.29) is 23.5 Å². The Morgan fingerprint density at radius 2 is 1.47 bits per heavy atom. The molecule has 0 aromatic heterocycles. The maximum Gasteiger partial charge on any atom is 0.264 e. The molecule has 0 aliphatic heterocycles. The van der Waals surface area contributed by atoms with Crippen LogP contribution in [0.1, 0.15) is 16.7 Å². The monoisotopic (exact) mass is 701 g/mol. The second-order valence-corrected chi connectivity index (χ2v) is 13.4. The molecule has 0 bridgehead atoms. The van der Waals surface area contributed by atoms with Crippen LogP contribution in [-0.4, -0.2) is 44.8 Å². The van der Waals surface area contributed by atoms with Crippen LogP contribution in [0, 0.1) is 6.92 Å². The van der Waals surface area contributed by atoms with E-state index >= 15 is 0 Å². The summed E-state index contributed by atoms with van der Waals surface area (Å²) in [4.78, 5) is 29.1. The Kier molecular flexibility index (Phi) is 10.9. The van der Waals surface area contributed by atoms with Crippen molar-refractivity contribution in [3.8, 4) is 0 Å². The summed E-state index contributed by atoms with van der Waals surface area (Å²) in [6, 6.07) is 26.3. The van der Waals surface area contributed by atoms with E-state index < -0.39 is 34.4 Å². The predicted octanol–water partition coefficient (Wildman–Crippen LogP) is 6.65. The summed E-state index contributed by atoms with van der Waals surface area (Å²) in [5.74, 6) is -1.03. The summed E-state index contributed by atoms with van der Waals surface area (Å²) in [5.41, 5.74) is 2.43. The van der Waals surface area contributed by atoms with Gasteiger partial charge in [-0.15, -0.1) is 0 Å². The molecule has 0 heterocycles. The fraction of sp³-hybridized carbons (Fsp3) is 0.188. The van der Waals surface area contributed by atoms with E-state index in [0.717, 1.165) is 19.9 Å². The molecule has 224 valence electrons. The molecule has 0 saturated carbocycles. The lowest BCUT2D eigenvalue weighted by Gasteiger charge is -2.34. The van der Waals surface area contributed by atoms with Crippen molar-refractivity contribution in [3.05, 3.63) is 128 Å². The number of amides is 2. The molecule has 0 radical (unpaired) electrons. The minimum atomic E-state index is -4.19. The first-order chi connectivity index (χ1) is 20.5. The van der Waals surface area contributed by atoms with Crippen LogP contribution in [0.15, 0.2) is 106 Å². The number of likely N-dealkylation sites (N-methyl/N-ethyl adjacent to an activating group) is 1. The molecule has 7 nitrogen and oxygen atoms in total. The van der Waals surface area contributed by atoms with Crippen LogP contribution in [0.5, 0.6) is 0 Å². The molecule has 0 fully saturated rings. The number of nitrogens with zero attached hydrogens (tertiary/aromatic N) is 2. The van der Waals surface area contributed by atoms with E-state index in [1.54, 1.807) is 54.6 Å². The second-order valence-electron chi connectivity index (χ2n) is 9.84. The Labute approximate surface area is 270 Å². The van der Waals surface area contributed by atoms with Gasteiger partial charge in [0.1, 0.15) is 12.6 Å². The van der Waals surface area contributed by atoms with Gasteiger partial charge in [0.15, 0.2) is 0 Å². The van der Waals surface area contributed by atoms with Gasteiger partial charge in [-0.3, -0.25) is 13.9 Å². The number of hydrogen-bond acceptors (Lipinski definition) is 4. The molecule has 1 N–H and O–H groups in total. The maximum atomic E-state index is 14.3. The Hall–Kier alpha value is -3.37. The smallest absolute Gasteiger partial charge is 0.264 e. The van der Waals surface area contributed by atoms with Gasteiger partial charge >= 0.3 is 0 Å². The van der Waals surface area contributed by atoms with E-state index in [0.29, 0.717) is 15.6 Å². The molecular formula is C32H30BrCl2N3O4S. The molecule has 43 heavy (non-hydrogen) atoms. The third-order valence-electron chi connectivity index (χ3n) is 6.91. The van der Waals surface area contributed by atoms with Gasteiger partial charge < -0.3 is 10.2 Å². The van der Waals surface area contributed by atoms with Crippen LogP contribution in [0.4, 0.5) is 5.69 Å². The standard InChI is InChI=1S/C32H30BrCl2N3O4S/c1-22-11-17-26(18-12-22)43(41,42)38(25-15-13-24(33)14-16-25)21-31(39)37(20-27-28(34)9-6-10-29(27)35)30(32(40)36-2)19-23-7-4-3-5-8-23/h3-18,30H,19-21H2,1-2H3,(H,36,40)/t30-/m1/s1. The number of sulfonamides is 1. The zero-order chi connectivity index (χ0) is 31.1. The van der Waals surface area contributed by atoms with Crippen LogP contribution in [0.2, 0.25) is 10.0 Å². The quantitative estimate of drug-likeness (QED) is 0.190. The van der Waals surface area contributed by atoms with E-state index in [1.807, 2.05) is 37.3 Å². The maximum absolute atomic E-state index is 14.3. The molecule has 2 amide bonds. The molecular weight excluding hydrogens is 673 g/mol. The third-order valence-corrected chi connectivity index (χ3v) is 9.94. The van der Waals surface area contributed by atoms with E-state index in [4.69, 9.17) is 23.2 Å². The van der Waals surface area contributed by atoms with Crippen molar-refractivity contribution < 1.29 is 18.0 Å². The third kappa shape index (κ3) is 7.97. The first kappa shape index (κ1) is 32.5. The van der Waals surface area contributed by atoms with Crippen molar-refractivity contribution in [1.82, 2.24) is 10.2 Å². The molecule has 0 saturated heterocycles. The first-order valence-corrected chi connectivity index (χ1v) is 16.3. The molecule has 0 aliphatic carbocycles. The Bertz CT molecular complexity index is 1670. The zero-order valence-corrected chi connectivity index (χ0v) is 27.4. The molecule has 11 heteroatoms. The zero-order valence-electron chi connectivity index (χ0n) is 23.5. The number of hydrogen-bond donors (Lipinski definition) is 1. The van der Waals surface area contributed by atoms with Crippen LogP contribution in [-0.2, 0) is 32.6 Å². The molecule has 4 aromatic rings. The van der Waals surface area contributed by atoms with Crippen molar-refractivity contribution in [2.75, 3.05) is 17.9 Å². The lowest BCUT2D eigenvalue weighted by molar-refractivity contribution is -0.139. The Morgan fingerprint density at radius 1 is 0.860 bits per heavy atom. The van der Waals surface area contributed by atoms with Crippen molar-refractivity contribution >= 4 is 66.7 Å². The molecule has 4 aromatic carbocycles. The average Bonchev–Trinajstić information content (AvgIpc) is 2.99. The second kappa shape index (κ2) is 14.4. The Balaban J connectivity index is 1.81. The van der Waals surface area contributed by atoms with Gasteiger partial charge in [-0.1, -0.05) is 93.2 Å². The lowest BCUT2D eigenvalue weighted by Crippen LogP contribution is -2.53. The van der Waals surface area contributed by atoms with Gasteiger partial charge in [-0.25, -0.2) is 8.42 Å². The fourth-order valence-electron chi connectivity index (χ4n) is 4.55. The van der Waals surface area contributed by atoms with Crippen molar-refractivity contribution in [2.45, 2.75) is 30.8 Å². The first-order valence-electron chi connectivity index (χ1n) is 13.3. The van der Waals surface area contributed by atoms with E-state index in [9.17, 15) is 18.0 Å². The van der Waals surface area contributed by atoms with Crippen LogP contribution in [0.3, 0.4) is 0 Å². The summed E-state index contributed by atoms with van der Waals surface area (Å²) in [6.07, 6.45) is 0.178. The van der Waals surface area contributed by atoms with Crippen molar-refractivity contribution in [2.24, 2.45) is 0 Å². The van der Waals surface area contributed by atoms with Gasteiger partial charge in [0.25, 0.3) is 10.0 Å². The van der Waals surface area contributed by atoms with Gasteiger partial charge in [-0.2, -0.15) is 0 Å². The van der Waals surface area contributed by atoms with Crippen LogP contribution < -0.4 is 9.62 Å². The van der Waals surface area contributed by atoms with E-state index in [2.05, 4.69) is 21.2 Å². The summed E-state index contributed by atoms with van der Waals surface area (Å²) in [7, 11) is -2.71. The number of anilines is 1. The number of carbonyl (C=O) groups excluding carboxylic acids is 2. The molecule has 0 aliphatic rings. The van der Waals surface area contributed by atoms with Gasteiger partial charge in [0.05, 0.1) is 10.6 Å². The van der Waals surface area contributed by atoms with Gasteiger partial charge in [-0.05, 0) is 61.0 Å². The SMILES string of the molecule is CNC(=O)[C@@H](Cc1ccccc1)N(Cc1c(Cl)cccc1Cl)C(=O)CN(c1ccc(Br)cc1)S(=O)(=O)c1ccc(C)cc1. The number of rotatable bonds is 11. The molecule has 4 rings (SSSR count). The summed E-state index contributed by atoms with van der Waals surface area (Å²) in [5, 5.41) is 3.29. The highest BCUT2D eigenvalue weighted by molar-refractivity contribution is 9.10. The number of halogens is 3. The highest BCUT2D eigenvalue weighted by Crippen LogP contribution is 2.29. The fourth-order valence-corrected chi connectivity index (χ4v) is 6.74. The molecule has 0 spiro atoms. The number of carbonyl (C=O) groups is 2. The van der Waals surface area contributed by atoms with Crippen molar-refractivity contribution in [3.63, 3.8) is 0 Å². The number of benzene rings is 4. The number of aryl methyl sites for hydroxylation is 1. The summed E-state index contributed by atoms with van der Waals surface area (Å²) < 4.78 is 29.8. The van der Waals surface area contributed by atoms with Gasteiger partial charge in [0, 0.05) is 40.1 Å². The van der Waals surface area contributed by atoms with Crippen LogP contribution in [0.25, 0.3) is 0 Å². The highest BCUT2D eigenvalue weighted by atomic mass is 79.9. The normalized spacial score (nSPS) is 11.9. The molecule has 0 unspecified atom stereocenters. The topological polar surface area (TPSA) is 86.8 Å². The van der Waals surface area contributed by atoms with Gasteiger partial charge in [0.2, 0.25) is 11.8 Å². The molecule has 1 atom stereocenters. The predicted molar refractivity (Wildman–Crippen MR) is 175 cm³/mol. The van der Waals surface area contributed by atoms with Crippen LogP contribution >= 0.6 is 39.1 Å². The average molecular weight is 703 g/mol.